The lowest BCUT2D eigenvalue weighted by Crippen LogP contribution is -2.50. The van der Waals surface area contributed by atoms with Crippen LogP contribution >= 0.6 is 15.9 Å². The van der Waals surface area contributed by atoms with Crippen molar-refractivity contribution >= 4 is 27.7 Å². The topological polar surface area (TPSA) is 54.9 Å². The van der Waals surface area contributed by atoms with Crippen molar-refractivity contribution in [2.24, 2.45) is 0 Å². The number of fused-ring (bicyclic) bond motifs is 2. The van der Waals surface area contributed by atoms with Crippen LogP contribution in [-0.2, 0) is 4.74 Å². The van der Waals surface area contributed by atoms with Gasteiger partial charge in [-0.15, -0.1) is 0 Å². The second-order valence-corrected chi connectivity index (χ2v) is 7.93. The van der Waals surface area contributed by atoms with E-state index in [0.29, 0.717) is 12.4 Å². The molecule has 1 amide bonds. The van der Waals surface area contributed by atoms with E-state index < -0.39 is 5.60 Å². The lowest BCUT2D eigenvalue weighted by atomic mass is 10.2. The summed E-state index contributed by atoms with van der Waals surface area (Å²) in [5.74, 6) is 0.615. The molecule has 3 rings (SSSR count). The molecule has 0 aromatic carbocycles. The zero-order valence-corrected chi connectivity index (χ0v) is 15.5. The van der Waals surface area contributed by atoms with Gasteiger partial charge in [0.25, 0.3) is 0 Å². The zero-order valence-electron chi connectivity index (χ0n) is 13.9. The van der Waals surface area contributed by atoms with Gasteiger partial charge in [-0.2, -0.15) is 0 Å². The van der Waals surface area contributed by atoms with Gasteiger partial charge in [-0.3, -0.25) is 0 Å². The standard InChI is InChI=1S/C16H22BrN3O3/c1-16(2,3)23-15(21)20-9-11-6-12(20)8-19(11)13-5-10(17)7-18-14(13)22-4/h5,7,11-12H,6,8-9H2,1-4H3/t11-,12-/m0/s1. The number of amides is 1. The molecule has 1 aromatic rings. The van der Waals surface area contributed by atoms with Gasteiger partial charge in [-0.05, 0) is 49.2 Å². The molecule has 0 aliphatic carbocycles. The van der Waals surface area contributed by atoms with Crippen molar-refractivity contribution < 1.29 is 14.3 Å². The fraction of sp³-hybridized carbons (Fsp3) is 0.625. The maximum atomic E-state index is 12.3. The van der Waals surface area contributed by atoms with Crippen molar-refractivity contribution in [1.82, 2.24) is 9.88 Å². The SMILES string of the molecule is COc1ncc(Br)cc1N1C[C@@H]2C[C@H]1CN2C(=O)OC(C)(C)C. The lowest BCUT2D eigenvalue weighted by Gasteiger charge is -2.36. The normalized spacial score (nSPS) is 23.3. The predicted octanol–water partition coefficient (Wildman–Crippen LogP) is 3.05. The number of pyridine rings is 1. The van der Waals surface area contributed by atoms with E-state index in [-0.39, 0.29) is 18.2 Å². The Bertz CT molecular complexity index is 617. The first-order valence-corrected chi connectivity index (χ1v) is 8.53. The van der Waals surface area contributed by atoms with Gasteiger partial charge in [0, 0.05) is 29.8 Å². The Morgan fingerprint density at radius 1 is 1.35 bits per heavy atom. The van der Waals surface area contributed by atoms with Crippen LogP contribution in [0.1, 0.15) is 27.2 Å². The summed E-state index contributed by atoms with van der Waals surface area (Å²) in [6.07, 6.45) is 2.46. The van der Waals surface area contributed by atoms with E-state index in [1.165, 1.54) is 0 Å². The van der Waals surface area contributed by atoms with Crippen LogP contribution in [0.15, 0.2) is 16.7 Å². The van der Waals surface area contributed by atoms with E-state index in [1.54, 1.807) is 13.3 Å². The summed E-state index contributed by atoms with van der Waals surface area (Å²) in [6, 6.07) is 2.47. The number of rotatable bonds is 2. The minimum Gasteiger partial charge on any atom is -0.480 e. The molecule has 0 spiro atoms. The van der Waals surface area contributed by atoms with E-state index >= 15 is 0 Å². The molecule has 0 saturated carbocycles. The summed E-state index contributed by atoms with van der Waals surface area (Å²) in [5, 5.41) is 0. The van der Waals surface area contributed by atoms with Crippen LogP contribution in [0.4, 0.5) is 10.5 Å². The van der Waals surface area contributed by atoms with Crippen molar-refractivity contribution in [2.75, 3.05) is 25.1 Å². The molecule has 7 heteroatoms. The summed E-state index contributed by atoms with van der Waals surface area (Å²) in [7, 11) is 1.63. The third kappa shape index (κ3) is 3.24. The van der Waals surface area contributed by atoms with Crippen LogP contribution in [0.2, 0.25) is 0 Å². The van der Waals surface area contributed by atoms with E-state index in [2.05, 4.69) is 25.8 Å². The smallest absolute Gasteiger partial charge is 0.410 e. The Hall–Kier alpha value is -1.50. The minimum atomic E-state index is -0.462. The molecule has 3 heterocycles. The van der Waals surface area contributed by atoms with Crippen molar-refractivity contribution in [2.45, 2.75) is 44.9 Å². The summed E-state index contributed by atoms with van der Waals surface area (Å²) >= 11 is 3.46. The van der Waals surface area contributed by atoms with E-state index in [4.69, 9.17) is 9.47 Å². The van der Waals surface area contributed by atoms with Crippen molar-refractivity contribution in [3.05, 3.63) is 16.7 Å². The summed E-state index contributed by atoms with van der Waals surface area (Å²) in [6.45, 7) is 7.13. The number of aromatic nitrogens is 1. The fourth-order valence-corrected chi connectivity index (χ4v) is 3.60. The molecule has 0 unspecified atom stereocenters. The van der Waals surface area contributed by atoms with Gasteiger partial charge in [0.05, 0.1) is 13.2 Å². The molecule has 0 radical (unpaired) electrons. The molecular weight excluding hydrogens is 362 g/mol. The number of ether oxygens (including phenoxy) is 2. The number of carbonyl (C=O) groups is 1. The van der Waals surface area contributed by atoms with Gasteiger partial charge in [0.1, 0.15) is 11.3 Å². The van der Waals surface area contributed by atoms with E-state index in [9.17, 15) is 4.79 Å². The first-order chi connectivity index (χ1) is 10.8. The summed E-state index contributed by atoms with van der Waals surface area (Å²) < 4.78 is 11.8. The highest BCUT2D eigenvalue weighted by atomic mass is 79.9. The maximum absolute atomic E-state index is 12.3. The van der Waals surface area contributed by atoms with Gasteiger partial charge in [0.15, 0.2) is 0 Å². The predicted molar refractivity (Wildman–Crippen MR) is 91.0 cm³/mol. The molecule has 2 aliphatic heterocycles. The molecule has 6 nitrogen and oxygen atoms in total. The minimum absolute atomic E-state index is 0.179. The largest absolute Gasteiger partial charge is 0.480 e. The molecule has 0 N–H and O–H groups in total. The van der Waals surface area contributed by atoms with Crippen LogP contribution in [0, 0.1) is 0 Å². The first kappa shape index (κ1) is 16.4. The Morgan fingerprint density at radius 3 is 2.65 bits per heavy atom. The van der Waals surface area contributed by atoms with E-state index in [1.807, 2.05) is 31.7 Å². The number of hydrogen-bond acceptors (Lipinski definition) is 5. The number of carbonyl (C=O) groups excluding carboxylic acids is 1. The number of piperazine rings is 1. The Morgan fingerprint density at radius 2 is 2.09 bits per heavy atom. The number of likely N-dealkylation sites (tertiary alicyclic amines) is 1. The van der Waals surface area contributed by atoms with Gasteiger partial charge in [0.2, 0.25) is 5.88 Å². The highest BCUT2D eigenvalue weighted by Gasteiger charge is 2.47. The summed E-state index contributed by atoms with van der Waals surface area (Å²) in [5.41, 5.74) is 0.508. The Labute approximate surface area is 144 Å². The average Bonchev–Trinajstić information content (AvgIpc) is 3.05. The second-order valence-electron chi connectivity index (χ2n) is 7.01. The molecule has 2 saturated heterocycles. The van der Waals surface area contributed by atoms with E-state index in [0.717, 1.165) is 23.1 Å². The van der Waals surface area contributed by atoms with Crippen molar-refractivity contribution in [1.29, 1.82) is 0 Å². The Kier molecular flexibility index (Phi) is 4.16. The summed E-state index contributed by atoms with van der Waals surface area (Å²) in [4.78, 5) is 20.8. The third-order valence-corrected chi connectivity index (χ3v) is 4.60. The molecule has 1 aromatic heterocycles. The fourth-order valence-electron chi connectivity index (χ4n) is 3.29. The molecule has 126 valence electrons. The molecule has 23 heavy (non-hydrogen) atoms. The zero-order chi connectivity index (χ0) is 16.8. The highest BCUT2D eigenvalue weighted by Crippen LogP contribution is 2.39. The quantitative estimate of drug-likeness (QED) is 0.785. The highest BCUT2D eigenvalue weighted by molar-refractivity contribution is 9.10. The number of anilines is 1. The van der Waals surface area contributed by atoms with Crippen LogP contribution in [0.3, 0.4) is 0 Å². The average molecular weight is 384 g/mol. The molecule has 2 aliphatic rings. The number of hydrogen-bond donors (Lipinski definition) is 0. The van der Waals surface area contributed by atoms with Crippen LogP contribution in [0.25, 0.3) is 0 Å². The number of halogens is 1. The number of methoxy groups -OCH3 is 1. The first-order valence-electron chi connectivity index (χ1n) is 7.74. The van der Waals surface area contributed by atoms with Crippen LogP contribution in [0.5, 0.6) is 5.88 Å². The van der Waals surface area contributed by atoms with Crippen molar-refractivity contribution in [3.63, 3.8) is 0 Å². The van der Waals surface area contributed by atoms with Gasteiger partial charge >= 0.3 is 6.09 Å². The van der Waals surface area contributed by atoms with Crippen LogP contribution in [-0.4, -0.2) is 53.9 Å². The van der Waals surface area contributed by atoms with Gasteiger partial charge in [-0.25, -0.2) is 9.78 Å². The molecule has 2 bridgehead atoms. The maximum Gasteiger partial charge on any atom is 0.410 e. The van der Waals surface area contributed by atoms with Gasteiger partial charge < -0.3 is 19.3 Å². The monoisotopic (exact) mass is 383 g/mol. The van der Waals surface area contributed by atoms with Gasteiger partial charge in [-0.1, -0.05) is 0 Å². The van der Waals surface area contributed by atoms with Crippen molar-refractivity contribution in [3.8, 4) is 5.88 Å². The lowest BCUT2D eigenvalue weighted by molar-refractivity contribution is 0.0214. The molecule has 2 fully saturated rings. The van der Waals surface area contributed by atoms with Crippen LogP contribution < -0.4 is 9.64 Å². The molecule has 2 atom stereocenters. The second kappa shape index (κ2) is 5.85. The Balaban J connectivity index is 1.74. The third-order valence-electron chi connectivity index (χ3n) is 4.17. The number of nitrogens with zero attached hydrogens (tertiary/aromatic N) is 3. The molecular formula is C16H22BrN3O3.